The fourth-order valence-electron chi connectivity index (χ4n) is 2.35. The number of ether oxygens (including phenoxy) is 1. The third-order valence-electron chi connectivity index (χ3n) is 3.88. The van der Waals surface area contributed by atoms with Gasteiger partial charge < -0.3 is 4.74 Å². The molecule has 0 aromatic heterocycles. The first kappa shape index (κ1) is 19.8. The van der Waals surface area contributed by atoms with Gasteiger partial charge in [0.25, 0.3) is 5.91 Å². The van der Waals surface area contributed by atoms with E-state index in [1.54, 1.807) is 48.5 Å². The maximum Gasteiger partial charge on any atom is 0.344 e. The molecule has 0 heterocycles. The van der Waals surface area contributed by atoms with Crippen molar-refractivity contribution >= 4 is 40.7 Å². The molecule has 1 N–H and O–H groups in total. The number of carbonyl (C=O) groups is 2. The van der Waals surface area contributed by atoms with E-state index in [1.165, 1.54) is 6.21 Å². The van der Waals surface area contributed by atoms with E-state index >= 15 is 0 Å². The molecule has 0 unspecified atom stereocenters. The average molecular weight is 484 g/mol. The molecule has 3 aromatic carbocycles. The van der Waals surface area contributed by atoms with E-state index in [-0.39, 0.29) is 5.91 Å². The molecule has 3 aromatic rings. The molecular weight excluding hydrogens is 467 g/mol. The number of hydrogen-bond acceptors (Lipinski definition) is 4. The minimum absolute atomic E-state index is 0.278. The number of nitrogens with zero attached hydrogens (tertiary/aromatic N) is 1. The zero-order chi connectivity index (χ0) is 19.9. The second-order valence-corrected chi connectivity index (χ2v) is 7.17. The second-order valence-electron chi connectivity index (χ2n) is 6.00. The average Bonchev–Trinajstić information content (AvgIpc) is 2.70. The molecule has 0 bridgehead atoms. The number of benzene rings is 3. The Hall–Kier alpha value is -3.00. The Labute approximate surface area is 176 Å². The number of hydrazone groups is 1. The summed E-state index contributed by atoms with van der Waals surface area (Å²) in [5.74, 6) is -0.249. The summed E-state index contributed by atoms with van der Waals surface area (Å²) in [6.07, 6.45) is 1.53. The van der Waals surface area contributed by atoms with Gasteiger partial charge in [-0.3, -0.25) is 4.79 Å². The van der Waals surface area contributed by atoms with Gasteiger partial charge in [0.1, 0.15) is 5.75 Å². The maximum atomic E-state index is 12.2. The van der Waals surface area contributed by atoms with Crippen LogP contribution in [0, 0.1) is 10.5 Å². The fraction of sp³-hybridized carbons (Fsp3) is 0.0455. The molecule has 6 heteroatoms. The van der Waals surface area contributed by atoms with E-state index in [9.17, 15) is 9.59 Å². The number of halogens is 1. The van der Waals surface area contributed by atoms with Gasteiger partial charge in [-0.2, -0.15) is 5.10 Å². The molecule has 0 spiro atoms. The van der Waals surface area contributed by atoms with E-state index in [4.69, 9.17) is 4.74 Å². The molecule has 0 aliphatic heterocycles. The third-order valence-corrected chi connectivity index (χ3v) is 4.82. The van der Waals surface area contributed by atoms with Gasteiger partial charge in [-0.05, 0) is 83.6 Å². The summed E-state index contributed by atoms with van der Waals surface area (Å²) < 4.78 is 6.22. The molecule has 0 fully saturated rings. The number of nitrogens with one attached hydrogen (secondary N) is 1. The highest BCUT2D eigenvalue weighted by molar-refractivity contribution is 14.1. The minimum atomic E-state index is -0.406. The van der Waals surface area contributed by atoms with Gasteiger partial charge in [-0.15, -0.1) is 0 Å². The van der Waals surface area contributed by atoms with Crippen LogP contribution in [-0.2, 0) is 0 Å². The van der Waals surface area contributed by atoms with E-state index < -0.39 is 5.97 Å². The molecule has 3 rings (SSSR count). The number of hydrogen-bond donors (Lipinski definition) is 1. The first-order valence-corrected chi connectivity index (χ1v) is 9.57. The summed E-state index contributed by atoms with van der Waals surface area (Å²) in [7, 11) is 0. The zero-order valence-corrected chi connectivity index (χ0v) is 17.2. The number of aryl methyl sites for hydroxylation is 1. The van der Waals surface area contributed by atoms with Gasteiger partial charge >= 0.3 is 5.97 Å². The van der Waals surface area contributed by atoms with Crippen molar-refractivity contribution in [3.8, 4) is 5.75 Å². The molecule has 0 saturated carbocycles. The van der Waals surface area contributed by atoms with E-state index in [0.717, 1.165) is 14.7 Å². The lowest BCUT2D eigenvalue weighted by Crippen LogP contribution is -2.17. The molecule has 0 saturated heterocycles. The predicted molar refractivity (Wildman–Crippen MR) is 117 cm³/mol. The Balaban J connectivity index is 1.57. The number of amides is 1. The normalized spacial score (nSPS) is 10.6. The molecule has 0 radical (unpaired) electrons. The highest BCUT2D eigenvalue weighted by Crippen LogP contribution is 2.17. The lowest BCUT2D eigenvalue weighted by Gasteiger charge is -2.06. The Morgan fingerprint density at radius 3 is 2.32 bits per heavy atom. The molecule has 28 heavy (non-hydrogen) atoms. The number of carbonyl (C=O) groups excluding carboxylic acids is 2. The van der Waals surface area contributed by atoms with Gasteiger partial charge in [0.05, 0.1) is 11.8 Å². The summed E-state index contributed by atoms with van der Waals surface area (Å²) >= 11 is 2.10. The number of rotatable bonds is 5. The van der Waals surface area contributed by atoms with Crippen molar-refractivity contribution in [2.45, 2.75) is 6.92 Å². The monoisotopic (exact) mass is 484 g/mol. The van der Waals surface area contributed by atoms with Crippen LogP contribution in [0.3, 0.4) is 0 Å². The van der Waals surface area contributed by atoms with Gasteiger partial charge in [-0.25, -0.2) is 10.2 Å². The zero-order valence-electron chi connectivity index (χ0n) is 15.1. The van der Waals surface area contributed by atoms with Crippen molar-refractivity contribution in [3.05, 3.63) is 98.6 Å². The highest BCUT2D eigenvalue weighted by Gasteiger charge is 2.11. The largest absolute Gasteiger partial charge is 0.423 e. The van der Waals surface area contributed by atoms with Gasteiger partial charge in [-0.1, -0.05) is 29.8 Å². The SMILES string of the molecule is Cc1ccc(C(=O)NN=Cc2ccc(OC(=O)c3ccccc3I)cc2)cc1. The predicted octanol–water partition coefficient (Wildman–Crippen LogP) is 4.58. The molecule has 0 atom stereocenters. The maximum absolute atomic E-state index is 12.2. The quantitative estimate of drug-likeness (QED) is 0.190. The first-order valence-electron chi connectivity index (χ1n) is 8.50. The fourth-order valence-corrected chi connectivity index (χ4v) is 2.95. The molecule has 0 aliphatic rings. The van der Waals surface area contributed by atoms with E-state index in [2.05, 4.69) is 33.1 Å². The van der Waals surface area contributed by atoms with Crippen LogP contribution in [0.25, 0.3) is 0 Å². The van der Waals surface area contributed by atoms with Crippen LogP contribution in [0.1, 0.15) is 31.8 Å². The molecular formula is C22H17IN2O3. The highest BCUT2D eigenvalue weighted by atomic mass is 127. The lowest BCUT2D eigenvalue weighted by atomic mass is 10.1. The van der Waals surface area contributed by atoms with Gasteiger partial charge in [0, 0.05) is 9.13 Å². The Morgan fingerprint density at radius 1 is 0.964 bits per heavy atom. The van der Waals surface area contributed by atoms with Crippen molar-refractivity contribution in [3.63, 3.8) is 0 Å². The van der Waals surface area contributed by atoms with Crippen LogP contribution >= 0.6 is 22.6 Å². The third kappa shape index (κ3) is 5.26. The Kier molecular flexibility index (Phi) is 6.54. The standard InChI is InChI=1S/C22H17IN2O3/c1-15-6-10-17(11-7-15)21(26)25-24-14-16-8-12-18(13-9-16)28-22(27)19-4-2-3-5-20(19)23/h2-14H,1H3,(H,25,26). The van der Waals surface area contributed by atoms with Crippen LogP contribution in [0.5, 0.6) is 5.75 Å². The van der Waals surface area contributed by atoms with Gasteiger partial charge in [0.2, 0.25) is 0 Å². The van der Waals surface area contributed by atoms with Crippen LogP contribution in [-0.4, -0.2) is 18.1 Å². The summed E-state index contributed by atoms with van der Waals surface area (Å²) in [5, 5.41) is 3.96. The molecule has 5 nitrogen and oxygen atoms in total. The first-order chi connectivity index (χ1) is 13.5. The van der Waals surface area contributed by atoms with E-state index in [0.29, 0.717) is 16.9 Å². The second kappa shape index (κ2) is 9.27. The van der Waals surface area contributed by atoms with Gasteiger partial charge in [0.15, 0.2) is 0 Å². The molecule has 0 aliphatic carbocycles. The molecule has 140 valence electrons. The smallest absolute Gasteiger partial charge is 0.344 e. The van der Waals surface area contributed by atoms with Crippen molar-refractivity contribution in [2.24, 2.45) is 5.10 Å². The van der Waals surface area contributed by atoms with Crippen LogP contribution in [0.4, 0.5) is 0 Å². The number of esters is 1. The van der Waals surface area contributed by atoms with Crippen LogP contribution in [0.2, 0.25) is 0 Å². The van der Waals surface area contributed by atoms with E-state index in [1.807, 2.05) is 31.2 Å². The Bertz CT molecular complexity index is 1010. The summed E-state index contributed by atoms with van der Waals surface area (Å²) in [6.45, 7) is 1.96. The Morgan fingerprint density at radius 2 is 1.64 bits per heavy atom. The minimum Gasteiger partial charge on any atom is -0.423 e. The molecule has 1 amide bonds. The van der Waals surface area contributed by atoms with Crippen molar-refractivity contribution < 1.29 is 14.3 Å². The van der Waals surface area contributed by atoms with Crippen LogP contribution in [0.15, 0.2) is 77.9 Å². The van der Waals surface area contributed by atoms with Crippen LogP contribution < -0.4 is 10.2 Å². The summed E-state index contributed by atoms with van der Waals surface area (Å²) in [6, 6.07) is 21.3. The lowest BCUT2D eigenvalue weighted by molar-refractivity contribution is 0.0733. The van der Waals surface area contributed by atoms with Crippen molar-refractivity contribution in [1.82, 2.24) is 5.43 Å². The summed E-state index contributed by atoms with van der Waals surface area (Å²) in [4.78, 5) is 24.2. The van der Waals surface area contributed by atoms with Crippen molar-refractivity contribution in [1.29, 1.82) is 0 Å². The van der Waals surface area contributed by atoms with Crippen molar-refractivity contribution in [2.75, 3.05) is 0 Å². The topological polar surface area (TPSA) is 67.8 Å². The summed E-state index contributed by atoms with van der Waals surface area (Å²) in [5.41, 5.74) is 5.40.